The maximum absolute atomic E-state index is 13.4. The first kappa shape index (κ1) is 19.2. The molecule has 1 aromatic carbocycles. The molecule has 0 bridgehead atoms. The second kappa shape index (κ2) is 6.17. The summed E-state index contributed by atoms with van der Waals surface area (Å²) in [6.45, 7) is 9.77. The summed E-state index contributed by atoms with van der Waals surface area (Å²) in [5, 5.41) is 0.501. The summed E-state index contributed by atoms with van der Waals surface area (Å²) >= 11 is 0. The summed E-state index contributed by atoms with van der Waals surface area (Å²) in [6, 6.07) is 8.35. The van der Waals surface area contributed by atoms with E-state index in [2.05, 4.69) is 9.97 Å². The van der Waals surface area contributed by atoms with Crippen LogP contribution in [-0.4, -0.2) is 36.7 Å². The number of fused-ring (bicyclic) bond motifs is 1. The molecule has 0 amide bonds. The molecule has 3 aromatic rings. The number of nitrogens with zero attached hydrogens (tertiary/aromatic N) is 1. The van der Waals surface area contributed by atoms with Crippen LogP contribution in [0.25, 0.3) is 11.0 Å². The van der Waals surface area contributed by atoms with E-state index in [1.807, 2.05) is 34.6 Å². The molecule has 0 aliphatic carbocycles. The number of aromatic amines is 1. The lowest BCUT2D eigenvalue weighted by Crippen LogP contribution is -2.41. The van der Waals surface area contributed by atoms with Crippen molar-refractivity contribution in [3.63, 3.8) is 0 Å². The van der Waals surface area contributed by atoms with Crippen LogP contribution in [0.1, 0.15) is 33.3 Å². The van der Waals surface area contributed by atoms with Gasteiger partial charge in [0, 0.05) is 23.2 Å². The molecule has 1 saturated heterocycles. The average Bonchev–Trinajstić information content (AvgIpc) is 3.13. The van der Waals surface area contributed by atoms with Crippen molar-refractivity contribution in [1.82, 2.24) is 9.97 Å². The lowest BCUT2D eigenvalue weighted by atomic mass is 9.79. The Morgan fingerprint density at radius 3 is 2.21 bits per heavy atom. The summed E-state index contributed by atoms with van der Waals surface area (Å²) in [5.74, 6) is 0. The third-order valence-corrected chi connectivity index (χ3v) is 7.51. The van der Waals surface area contributed by atoms with Crippen molar-refractivity contribution in [3.05, 3.63) is 48.3 Å². The molecule has 0 unspecified atom stereocenters. The molecule has 0 spiro atoms. The number of nitrogens with one attached hydrogen (secondary N) is 1. The Morgan fingerprint density at radius 1 is 1.00 bits per heavy atom. The number of rotatable bonds is 3. The quantitative estimate of drug-likeness (QED) is 0.686. The van der Waals surface area contributed by atoms with E-state index in [-0.39, 0.29) is 9.79 Å². The molecular weight excluding hydrogens is 375 g/mol. The maximum atomic E-state index is 13.4. The molecule has 4 rings (SSSR count). The molecule has 1 aliphatic heterocycles. The topological polar surface area (TPSA) is 81.3 Å². The van der Waals surface area contributed by atoms with Crippen LogP contribution < -0.4 is 5.46 Å². The zero-order chi connectivity index (χ0) is 20.3. The molecule has 2 aromatic heterocycles. The fraction of sp³-hybridized carbons (Fsp3) is 0.350. The van der Waals surface area contributed by atoms with E-state index in [1.54, 1.807) is 30.5 Å². The highest BCUT2D eigenvalue weighted by atomic mass is 32.2. The number of benzene rings is 1. The predicted octanol–water partition coefficient (Wildman–Crippen LogP) is 3.00. The number of aryl methyl sites for hydroxylation is 1. The minimum Gasteiger partial charge on any atom is -0.399 e. The van der Waals surface area contributed by atoms with Crippen molar-refractivity contribution in [3.8, 4) is 0 Å². The van der Waals surface area contributed by atoms with Crippen molar-refractivity contribution in [1.29, 1.82) is 0 Å². The molecule has 3 heterocycles. The maximum Gasteiger partial charge on any atom is 0.497 e. The van der Waals surface area contributed by atoms with Crippen molar-refractivity contribution in [2.24, 2.45) is 0 Å². The smallest absolute Gasteiger partial charge is 0.399 e. The first-order valence-corrected chi connectivity index (χ1v) is 10.6. The van der Waals surface area contributed by atoms with Crippen molar-refractivity contribution in [2.45, 2.75) is 55.6 Å². The molecule has 0 saturated carbocycles. The van der Waals surface area contributed by atoms with Gasteiger partial charge in [-0.2, -0.15) is 0 Å². The van der Waals surface area contributed by atoms with Crippen molar-refractivity contribution in [2.75, 3.05) is 0 Å². The van der Waals surface area contributed by atoms with Crippen LogP contribution in [0.5, 0.6) is 0 Å². The lowest BCUT2D eigenvalue weighted by Gasteiger charge is -2.32. The van der Waals surface area contributed by atoms with Gasteiger partial charge in [0.15, 0.2) is 0 Å². The third-order valence-electron chi connectivity index (χ3n) is 5.69. The summed E-state index contributed by atoms with van der Waals surface area (Å²) in [7, 11) is -4.42. The van der Waals surface area contributed by atoms with Gasteiger partial charge in [-0.05, 0) is 52.8 Å². The molecule has 146 valence electrons. The third kappa shape index (κ3) is 2.87. The second-order valence-electron chi connectivity index (χ2n) is 8.18. The van der Waals surface area contributed by atoms with Gasteiger partial charge in [-0.15, -0.1) is 0 Å². The molecule has 1 fully saturated rings. The zero-order valence-corrected chi connectivity index (χ0v) is 17.4. The van der Waals surface area contributed by atoms with E-state index in [4.69, 9.17) is 9.31 Å². The summed E-state index contributed by atoms with van der Waals surface area (Å²) in [5.41, 5.74) is 1.06. The van der Waals surface area contributed by atoms with Crippen LogP contribution in [0.2, 0.25) is 0 Å². The summed E-state index contributed by atoms with van der Waals surface area (Å²) in [6.07, 6.45) is 3.21. The molecule has 6 nitrogen and oxygen atoms in total. The fourth-order valence-corrected chi connectivity index (χ4v) is 4.75. The molecule has 0 radical (unpaired) electrons. The number of H-pyrrole nitrogens is 1. The van der Waals surface area contributed by atoms with Crippen LogP contribution in [-0.2, 0) is 19.1 Å². The first-order valence-electron chi connectivity index (χ1n) is 9.16. The molecule has 1 aliphatic rings. The Balaban J connectivity index is 1.88. The van der Waals surface area contributed by atoms with Gasteiger partial charge in [0.1, 0.15) is 5.65 Å². The van der Waals surface area contributed by atoms with Crippen LogP contribution in [0.3, 0.4) is 0 Å². The van der Waals surface area contributed by atoms with Crippen molar-refractivity contribution >= 4 is 33.5 Å². The van der Waals surface area contributed by atoms with Gasteiger partial charge in [-0.3, -0.25) is 0 Å². The van der Waals surface area contributed by atoms with Gasteiger partial charge in [0.25, 0.3) is 0 Å². The Bertz CT molecular complexity index is 1130. The summed E-state index contributed by atoms with van der Waals surface area (Å²) in [4.78, 5) is 7.78. The Labute approximate surface area is 165 Å². The van der Waals surface area contributed by atoms with Crippen LogP contribution in [0.15, 0.2) is 52.5 Å². The van der Waals surface area contributed by atoms with Gasteiger partial charge in [-0.25, -0.2) is 13.4 Å². The molecule has 0 atom stereocenters. The van der Waals surface area contributed by atoms with E-state index in [0.29, 0.717) is 16.5 Å². The minimum atomic E-state index is -3.73. The standard InChI is InChI=1S/C20H23BN2O4S/c1-13-6-8-14(9-7-13)28(24,25)16-10-11-22-18-17(16)15(12-23-18)21-26-19(2,3)20(4,5)27-21/h6-12H,1-5H3,(H,22,23). The van der Waals surface area contributed by atoms with E-state index in [0.717, 1.165) is 5.56 Å². The van der Waals surface area contributed by atoms with E-state index < -0.39 is 28.2 Å². The summed E-state index contributed by atoms with van der Waals surface area (Å²) < 4.78 is 39.0. The second-order valence-corrected chi connectivity index (χ2v) is 10.1. The van der Waals surface area contributed by atoms with E-state index >= 15 is 0 Å². The zero-order valence-electron chi connectivity index (χ0n) is 16.6. The van der Waals surface area contributed by atoms with Gasteiger partial charge >= 0.3 is 7.12 Å². The molecule has 8 heteroatoms. The highest BCUT2D eigenvalue weighted by molar-refractivity contribution is 7.91. The van der Waals surface area contributed by atoms with Gasteiger partial charge in [0.2, 0.25) is 9.84 Å². The number of sulfone groups is 1. The number of aromatic nitrogens is 2. The average molecular weight is 398 g/mol. The normalized spacial score (nSPS) is 18.7. The Hall–Kier alpha value is -2.16. The fourth-order valence-electron chi connectivity index (χ4n) is 3.28. The van der Waals surface area contributed by atoms with Gasteiger partial charge in [0.05, 0.1) is 21.0 Å². The van der Waals surface area contributed by atoms with Crippen LogP contribution in [0, 0.1) is 6.92 Å². The van der Waals surface area contributed by atoms with Gasteiger partial charge < -0.3 is 14.3 Å². The highest BCUT2D eigenvalue weighted by Crippen LogP contribution is 2.37. The van der Waals surface area contributed by atoms with Crippen LogP contribution in [0.4, 0.5) is 0 Å². The minimum absolute atomic E-state index is 0.187. The SMILES string of the molecule is Cc1ccc(S(=O)(=O)c2ccnc3[nH]cc(B4OC(C)(C)C(C)(C)O4)c23)cc1. The molecule has 1 N–H and O–H groups in total. The van der Waals surface area contributed by atoms with E-state index in [1.165, 1.54) is 12.3 Å². The Morgan fingerprint density at radius 2 is 1.61 bits per heavy atom. The number of hydrogen-bond acceptors (Lipinski definition) is 5. The predicted molar refractivity (Wildman–Crippen MR) is 108 cm³/mol. The highest BCUT2D eigenvalue weighted by Gasteiger charge is 2.52. The molecule has 28 heavy (non-hydrogen) atoms. The first-order chi connectivity index (χ1) is 13.0. The van der Waals surface area contributed by atoms with E-state index in [9.17, 15) is 8.42 Å². The largest absolute Gasteiger partial charge is 0.497 e. The van der Waals surface area contributed by atoms with Gasteiger partial charge in [-0.1, -0.05) is 17.7 Å². The van der Waals surface area contributed by atoms with Crippen molar-refractivity contribution < 1.29 is 17.7 Å². The number of pyridine rings is 1. The Kier molecular flexibility index (Phi) is 4.23. The lowest BCUT2D eigenvalue weighted by molar-refractivity contribution is 0.00578. The van der Waals surface area contributed by atoms with Crippen LogP contribution >= 0.6 is 0 Å². The molecular formula is C20H23BN2O4S. The number of hydrogen-bond donors (Lipinski definition) is 1. The monoisotopic (exact) mass is 398 g/mol.